The fourth-order valence-electron chi connectivity index (χ4n) is 4.76. The third-order valence-corrected chi connectivity index (χ3v) is 6.26. The Kier molecular flexibility index (Phi) is 5.34. The number of hydrogen-bond acceptors (Lipinski definition) is 5. The standard InChI is InChI=1S/C25H28N4O2/c1-19-26-18-27-29(19)22-9-10-24(30-2)23(13-22)21-14-25(31-16-21)11-6-12-28(17-25)15-20-7-4-3-5-8-20/h3-5,7-10,13-14,18H,6,11-12,15-17H2,1-2H3. The number of ether oxygens (including phenoxy) is 2. The average Bonchev–Trinajstić information content (AvgIpc) is 3.40. The predicted molar refractivity (Wildman–Crippen MR) is 120 cm³/mol. The van der Waals surface area contributed by atoms with Crippen molar-refractivity contribution in [3.63, 3.8) is 0 Å². The van der Waals surface area contributed by atoms with E-state index in [9.17, 15) is 0 Å². The number of aromatic nitrogens is 3. The first-order valence-corrected chi connectivity index (χ1v) is 10.8. The average molecular weight is 417 g/mol. The minimum Gasteiger partial charge on any atom is -0.496 e. The molecule has 2 aliphatic heterocycles. The number of nitrogens with zero attached hydrogens (tertiary/aromatic N) is 4. The summed E-state index contributed by atoms with van der Waals surface area (Å²) in [6, 6.07) is 16.8. The van der Waals surface area contributed by atoms with Crippen LogP contribution in [0.1, 0.15) is 29.8 Å². The van der Waals surface area contributed by atoms with E-state index in [0.717, 1.165) is 55.3 Å². The second kappa shape index (κ2) is 8.29. The van der Waals surface area contributed by atoms with Gasteiger partial charge in [-0.05, 0) is 61.7 Å². The molecule has 3 heterocycles. The molecule has 1 saturated heterocycles. The van der Waals surface area contributed by atoms with Gasteiger partial charge in [-0.25, -0.2) is 9.67 Å². The first kappa shape index (κ1) is 20.0. The van der Waals surface area contributed by atoms with Gasteiger partial charge in [-0.15, -0.1) is 0 Å². The van der Waals surface area contributed by atoms with Crippen molar-refractivity contribution in [1.82, 2.24) is 19.7 Å². The van der Waals surface area contributed by atoms with Crippen LogP contribution in [0.25, 0.3) is 11.3 Å². The highest BCUT2D eigenvalue weighted by atomic mass is 16.5. The maximum Gasteiger partial charge on any atom is 0.138 e. The van der Waals surface area contributed by atoms with Crippen LogP contribution < -0.4 is 4.74 Å². The number of hydrogen-bond donors (Lipinski definition) is 0. The first-order chi connectivity index (χ1) is 15.2. The predicted octanol–water partition coefficient (Wildman–Crippen LogP) is 4.03. The molecule has 1 atom stereocenters. The van der Waals surface area contributed by atoms with Crippen LogP contribution in [0.5, 0.6) is 5.75 Å². The maximum atomic E-state index is 6.45. The quantitative estimate of drug-likeness (QED) is 0.629. The first-order valence-electron chi connectivity index (χ1n) is 10.8. The highest BCUT2D eigenvalue weighted by molar-refractivity contribution is 5.75. The van der Waals surface area contributed by atoms with Gasteiger partial charge in [0.15, 0.2) is 0 Å². The largest absolute Gasteiger partial charge is 0.496 e. The van der Waals surface area contributed by atoms with Crippen LogP contribution in [0.3, 0.4) is 0 Å². The van der Waals surface area contributed by atoms with Gasteiger partial charge in [0.2, 0.25) is 0 Å². The van der Waals surface area contributed by atoms with E-state index in [4.69, 9.17) is 9.47 Å². The van der Waals surface area contributed by atoms with Crippen LogP contribution in [-0.4, -0.2) is 52.1 Å². The molecular formula is C25H28N4O2. The molecule has 0 amide bonds. The number of methoxy groups -OCH3 is 1. The van der Waals surface area contributed by atoms with Gasteiger partial charge in [-0.3, -0.25) is 4.90 Å². The number of aryl methyl sites for hydroxylation is 1. The Morgan fingerprint density at radius 3 is 2.81 bits per heavy atom. The molecule has 1 aromatic heterocycles. The summed E-state index contributed by atoms with van der Waals surface area (Å²) < 4.78 is 14.0. The van der Waals surface area contributed by atoms with Crippen molar-refractivity contribution in [2.45, 2.75) is 31.9 Å². The van der Waals surface area contributed by atoms with Crippen LogP contribution in [0, 0.1) is 6.92 Å². The van der Waals surface area contributed by atoms with Gasteiger partial charge in [0, 0.05) is 18.7 Å². The Morgan fingerprint density at radius 2 is 2.03 bits per heavy atom. The molecule has 2 aliphatic rings. The Morgan fingerprint density at radius 1 is 1.16 bits per heavy atom. The van der Waals surface area contributed by atoms with Crippen molar-refractivity contribution in [1.29, 1.82) is 0 Å². The number of piperidine rings is 1. The summed E-state index contributed by atoms with van der Waals surface area (Å²) in [4.78, 5) is 6.75. The van der Waals surface area contributed by atoms with Crippen LogP contribution in [-0.2, 0) is 11.3 Å². The highest BCUT2D eigenvalue weighted by Gasteiger charge is 2.39. The van der Waals surface area contributed by atoms with Crippen molar-refractivity contribution in [2.75, 3.05) is 26.8 Å². The highest BCUT2D eigenvalue weighted by Crippen LogP contribution is 2.39. The van der Waals surface area contributed by atoms with E-state index < -0.39 is 0 Å². The molecule has 1 unspecified atom stereocenters. The summed E-state index contributed by atoms with van der Waals surface area (Å²) in [5, 5.41) is 4.35. The molecule has 160 valence electrons. The monoisotopic (exact) mass is 416 g/mol. The lowest BCUT2D eigenvalue weighted by Gasteiger charge is -2.38. The van der Waals surface area contributed by atoms with Crippen molar-refractivity contribution in [2.24, 2.45) is 0 Å². The number of rotatable bonds is 5. The van der Waals surface area contributed by atoms with Gasteiger partial charge in [0.25, 0.3) is 0 Å². The van der Waals surface area contributed by atoms with Gasteiger partial charge in [0.1, 0.15) is 23.5 Å². The molecule has 1 spiro atoms. The van der Waals surface area contributed by atoms with Crippen molar-refractivity contribution >= 4 is 5.57 Å². The van der Waals surface area contributed by atoms with Crippen molar-refractivity contribution < 1.29 is 9.47 Å². The zero-order chi connectivity index (χ0) is 21.3. The lowest BCUT2D eigenvalue weighted by atomic mass is 9.90. The molecule has 0 radical (unpaired) electrons. The Labute approximate surface area is 183 Å². The molecule has 0 bridgehead atoms. The molecule has 0 N–H and O–H groups in total. The lowest BCUT2D eigenvalue weighted by molar-refractivity contribution is -0.0328. The Hall–Kier alpha value is -2.96. The van der Waals surface area contributed by atoms with Gasteiger partial charge in [-0.1, -0.05) is 30.3 Å². The Bertz CT molecular complexity index is 1090. The van der Waals surface area contributed by atoms with Gasteiger partial charge < -0.3 is 9.47 Å². The normalized spacial score (nSPS) is 21.4. The lowest BCUT2D eigenvalue weighted by Crippen LogP contribution is -2.46. The Balaban J connectivity index is 1.42. The van der Waals surface area contributed by atoms with Crippen LogP contribution in [0.4, 0.5) is 0 Å². The second-order valence-electron chi connectivity index (χ2n) is 8.43. The topological polar surface area (TPSA) is 52.4 Å². The number of likely N-dealkylation sites (tertiary alicyclic amines) is 1. The van der Waals surface area contributed by atoms with E-state index in [1.807, 2.05) is 23.7 Å². The maximum absolute atomic E-state index is 6.45. The summed E-state index contributed by atoms with van der Waals surface area (Å²) in [5.41, 5.74) is 4.33. The molecule has 0 aliphatic carbocycles. The van der Waals surface area contributed by atoms with E-state index in [2.05, 4.69) is 57.5 Å². The van der Waals surface area contributed by atoms with Crippen LogP contribution in [0.2, 0.25) is 0 Å². The third-order valence-electron chi connectivity index (χ3n) is 6.26. The van der Waals surface area contributed by atoms with E-state index in [0.29, 0.717) is 6.61 Å². The summed E-state index contributed by atoms with van der Waals surface area (Å²) in [7, 11) is 1.72. The van der Waals surface area contributed by atoms with E-state index >= 15 is 0 Å². The van der Waals surface area contributed by atoms with Crippen LogP contribution >= 0.6 is 0 Å². The summed E-state index contributed by atoms with van der Waals surface area (Å²) in [5.74, 6) is 1.71. The molecule has 1 fully saturated rings. The summed E-state index contributed by atoms with van der Waals surface area (Å²) in [6.45, 7) is 5.52. The molecule has 3 aromatic rings. The fraction of sp³-hybridized carbons (Fsp3) is 0.360. The minimum atomic E-state index is -0.230. The van der Waals surface area contributed by atoms with Crippen LogP contribution in [0.15, 0.2) is 60.9 Å². The van der Waals surface area contributed by atoms with Crippen molar-refractivity contribution in [3.05, 3.63) is 77.9 Å². The van der Waals surface area contributed by atoms with Gasteiger partial charge in [0.05, 0.1) is 19.4 Å². The summed E-state index contributed by atoms with van der Waals surface area (Å²) >= 11 is 0. The number of benzene rings is 2. The molecule has 6 heteroatoms. The zero-order valence-electron chi connectivity index (χ0n) is 18.1. The smallest absolute Gasteiger partial charge is 0.138 e. The minimum absolute atomic E-state index is 0.230. The third kappa shape index (κ3) is 4.01. The molecule has 31 heavy (non-hydrogen) atoms. The molecular weight excluding hydrogens is 388 g/mol. The summed E-state index contributed by atoms with van der Waals surface area (Å²) in [6.07, 6.45) is 6.09. The molecule has 2 aromatic carbocycles. The van der Waals surface area contributed by atoms with E-state index in [1.54, 1.807) is 13.4 Å². The van der Waals surface area contributed by atoms with E-state index in [1.165, 1.54) is 11.1 Å². The SMILES string of the molecule is COc1ccc(-n2ncnc2C)cc1C1=CC2(CCCN(Cc3ccccc3)C2)OC1. The van der Waals surface area contributed by atoms with Gasteiger partial charge in [-0.2, -0.15) is 5.10 Å². The zero-order valence-corrected chi connectivity index (χ0v) is 18.1. The second-order valence-corrected chi connectivity index (χ2v) is 8.43. The van der Waals surface area contributed by atoms with E-state index in [-0.39, 0.29) is 5.60 Å². The van der Waals surface area contributed by atoms with Crippen molar-refractivity contribution in [3.8, 4) is 11.4 Å². The van der Waals surface area contributed by atoms with Gasteiger partial charge >= 0.3 is 0 Å². The molecule has 0 saturated carbocycles. The molecule has 6 nitrogen and oxygen atoms in total. The molecule has 5 rings (SSSR count). The fourth-order valence-corrected chi connectivity index (χ4v) is 4.76.